The molecule has 0 aliphatic carbocycles. The first-order chi connectivity index (χ1) is 18.6. The standard InChI is InChI=1S/C29H34FN3O5S/c1-4-31-29(35)27(19-22-11-7-6-8-12-22)32(20-23-13-9-10-14-26(23)30)28(34)21-33(39(3,36)37)24-15-17-25(18-16-24)38-5-2/h6-18,27H,4-5,19-21H2,1-3H3,(H,31,35)/t27-/m0/s1. The fourth-order valence-electron chi connectivity index (χ4n) is 4.15. The second-order valence-corrected chi connectivity index (χ2v) is 10.8. The fourth-order valence-corrected chi connectivity index (χ4v) is 4.99. The molecule has 3 aromatic rings. The Balaban J connectivity index is 2.02. The van der Waals surface area contributed by atoms with Crippen LogP contribution in [0.25, 0.3) is 0 Å². The first-order valence-electron chi connectivity index (χ1n) is 12.7. The number of rotatable bonds is 13. The Kier molecular flexibility index (Phi) is 10.4. The highest BCUT2D eigenvalue weighted by molar-refractivity contribution is 7.92. The van der Waals surface area contributed by atoms with Gasteiger partial charge in [-0.2, -0.15) is 0 Å². The molecule has 10 heteroatoms. The van der Waals surface area contributed by atoms with Crippen LogP contribution in [0.3, 0.4) is 0 Å². The second-order valence-electron chi connectivity index (χ2n) is 8.91. The zero-order valence-electron chi connectivity index (χ0n) is 22.3. The van der Waals surface area contributed by atoms with Gasteiger partial charge in [0.1, 0.15) is 24.2 Å². The Labute approximate surface area is 229 Å². The zero-order valence-corrected chi connectivity index (χ0v) is 23.2. The lowest BCUT2D eigenvalue weighted by molar-refractivity contribution is -0.140. The lowest BCUT2D eigenvalue weighted by atomic mass is 10.0. The summed E-state index contributed by atoms with van der Waals surface area (Å²) in [5.41, 5.74) is 1.27. The number of carbonyl (C=O) groups is 2. The van der Waals surface area contributed by atoms with Crippen LogP contribution in [0, 0.1) is 5.82 Å². The Bertz CT molecular complexity index is 1350. The Morgan fingerprint density at radius 1 is 0.949 bits per heavy atom. The van der Waals surface area contributed by atoms with Crippen LogP contribution in [-0.2, 0) is 32.6 Å². The number of nitrogens with zero attached hydrogens (tertiary/aromatic N) is 2. The van der Waals surface area contributed by atoms with Crippen LogP contribution in [-0.4, -0.2) is 57.1 Å². The molecule has 2 amide bonds. The van der Waals surface area contributed by atoms with E-state index in [4.69, 9.17) is 4.74 Å². The van der Waals surface area contributed by atoms with E-state index >= 15 is 0 Å². The van der Waals surface area contributed by atoms with E-state index in [9.17, 15) is 22.4 Å². The summed E-state index contributed by atoms with van der Waals surface area (Å²) in [6, 6.07) is 20.5. The number of hydrogen-bond acceptors (Lipinski definition) is 5. The molecule has 0 fully saturated rings. The van der Waals surface area contributed by atoms with Crippen LogP contribution >= 0.6 is 0 Å². The van der Waals surface area contributed by atoms with Crippen LogP contribution in [0.15, 0.2) is 78.9 Å². The highest BCUT2D eigenvalue weighted by Gasteiger charge is 2.33. The topological polar surface area (TPSA) is 96.0 Å². The normalized spacial score (nSPS) is 11.9. The van der Waals surface area contributed by atoms with Crippen LogP contribution in [0.4, 0.5) is 10.1 Å². The molecule has 0 aromatic heterocycles. The van der Waals surface area contributed by atoms with Gasteiger partial charge in [-0.3, -0.25) is 13.9 Å². The Morgan fingerprint density at radius 2 is 1.59 bits per heavy atom. The summed E-state index contributed by atoms with van der Waals surface area (Å²) in [4.78, 5) is 28.4. The molecule has 0 aliphatic heterocycles. The van der Waals surface area contributed by atoms with Crippen LogP contribution in [0.5, 0.6) is 5.75 Å². The van der Waals surface area contributed by atoms with Gasteiger partial charge in [0.25, 0.3) is 0 Å². The average Bonchev–Trinajstić information content (AvgIpc) is 2.91. The highest BCUT2D eigenvalue weighted by atomic mass is 32.2. The van der Waals surface area contributed by atoms with E-state index in [0.29, 0.717) is 18.9 Å². The molecule has 0 saturated heterocycles. The lowest BCUT2D eigenvalue weighted by Gasteiger charge is -2.33. The molecular weight excluding hydrogens is 521 g/mol. The molecule has 1 atom stereocenters. The van der Waals surface area contributed by atoms with Crippen molar-refractivity contribution in [1.82, 2.24) is 10.2 Å². The van der Waals surface area contributed by atoms with Gasteiger partial charge in [0.05, 0.1) is 18.6 Å². The molecule has 8 nitrogen and oxygen atoms in total. The number of carbonyl (C=O) groups excluding carboxylic acids is 2. The van der Waals surface area contributed by atoms with Gasteiger partial charge in [0.2, 0.25) is 21.8 Å². The summed E-state index contributed by atoms with van der Waals surface area (Å²) in [5.74, 6) is -1.04. The minimum absolute atomic E-state index is 0.162. The number of likely N-dealkylation sites (N-methyl/N-ethyl adjacent to an activating group) is 1. The third-order valence-electron chi connectivity index (χ3n) is 6.04. The number of ether oxygens (including phenoxy) is 1. The van der Waals surface area contributed by atoms with Crippen LogP contribution in [0.2, 0.25) is 0 Å². The van der Waals surface area contributed by atoms with Crippen molar-refractivity contribution >= 4 is 27.5 Å². The first kappa shape index (κ1) is 29.6. The molecule has 0 radical (unpaired) electrons. The molecule has 0 bridgehead atoms. The molecule has 0 heterocycles. The molecule has 1 N–H and O–H groups in total. The number of amides is 2. The van der Waals surface area contributed by atoms with Crippen molar-refractivity contribution in [2.24, 2.45) is 0 Å². The summed E-state index contributed by atoms with van der Waals surface area (Å²) < 4.78 is 46.7. The Morgan fingerprint density at radius 3 is 2.18 bits per heavy atom. The van der Waals surface area contributed by atoms with E-state index in [1.165, 1.54) is 23.1 Å². The van der Waals surface area contributed by atoms with E-state index in [1.807, 2.05) is 37.3 Å². The van der Waals surface area contributed by atoms with Gasteiger partial charge in [-0.1, -0.05) is 48.5 Å². The van der Waals surface area contributed by atoms with Gasteiger partial charge in [0, 0.05) is 25.1 Å². The molecule has 0 saturated carbocycles. The number of anilines is 1. The van der Waals surface area contributed by atoms with Gasteiger partial charge in [0.15, 0.2) is 0 Å². The van der Waals surface area contributed by atoms with Crippen molar-refractivity contribution in [1.29, 1.82) is 0 Å². The Hall–Kier alpha value is -3.92. The van der Waals surface area contributed by atoms with Gasteiger partial charge < -0.3 is 15.0 Å². The fraction of sp³-hybridized carbons (Fsp3) is 0.310. The highest BCUT2D eigenvalue weighted by Crippen LogP contribution is 2.23. The van der Waals surface area contributed by atoms with Crippen LogP contribution < -0.4 is 14.4 Å². The van der Waals surface area contributed by atoms with Gasteiger partial charge in [-0.25, -0.2) is 12.8 Å². The maximum atomic E-state index is 14.7. The smallest absolute Gasteiger partial charge is 0.244 e. The number of nitrogens with one attached hydrogen (secondary N) is 1. The van der Waals surface area contributed by atoms with Crippen molar-refractivity contribution < 1.29 is 27.1 Å². The van der Waals surface area contributed by atoms with Crippen molar-refractivity contribution in [2.75, 3.05) is 30.3 Å². The lowest BCUT2D eigenvalue weighted by Crippen LogP contribution is -2.53. The molecule has 208 valence electrons. The third-order valence-corrected chi connectivity index (χ3v) is 7.18. The van der Waals surface area contributed by atoms with E-state index in [1.54, 1.807) is 37.3 Å². The van der Waals surface area contributed by atoms with E-state index < -0.39 is 40.2 Å². The third kappa shape index (κ3) is 8.28. The zero-order chi connectivity index (χ0) is 28.4. The molecule has 0 spiro atoms. The van der Waals surface area contributed by atoms with Crippen molar-refractivity contribution in [3.63, 3.8) is 0 Å². The molecule has 39 heavy (non-hydrogen) atoms. The van der Waals surface area contributed by atoms with Gasteiger partial charge >= 0.3 is 0 Å². The summed E-state index contributed by atoms with van der Waals surface area (Å²) in [6.45, 7) is 3.57. The van der Waals surface area contributed by atoms with Gasteiger partial charge in [-0.05, 0) is 49.7 Å². The number of hydrogen-bond donors (Lipinski definition) is 1. The maximum absolute atomic E-state index is 14.7. The number of sulfonamides is 1. The average molecular weight is 556 g/mol. The van der Waals surface area contributed by atoms with E-state index in [0.717, 1.165) is 16.1 Å². The first-order valence-corrected chi connectivity index (χ1v) is 14.5. The molecule has 0 unspecified atom stereocenters. The quantitative estimate of drug-likeness (QED) is 0.347. The molecule has 0 aliphatic rings. The SMILES string of the molecule is CCNC(=O)[C@H](Cc1ccccc1)N(Cc1ccccc1F)C(=O)CN(c1ccc(OCC)cc1)S(C)(=O)=O. The van der Waals surface area contributed by atoms with E-state index in [-0.39, 0.29) is 24.2 Å². The summed E-state index contributed by atoms with van der Waals surface area (Å²) >= 11 is 0. The van der Waals surface area contributed by atoms with Crippen molar-refractivity contribution in [3.05, 3.63) is 95.8 Å². The molecule has 3 rings (SSSR count). The van der Waals surface area contributed by atoms with Gasteiger partial charge in [-0.15, -0.1) is 0 Å². The minimum atomic E-state index is -3.90. The van der Waals surface area contributed by atoms with Crippen molar-refractivity contribution in [2.45, 2.75) is 32.9 Å². The number of benzene rings is 3. The summed E-state index contributed by atoms with van der Waals surface area (Å²) in [5, 5.41) is 2.76. The number of halogens is 1. The predicted molar refractivity (Wildman–Crippen MR) is 149 cm³/mol. The predicted octanol–water partition coefficient (Wildman–Crippen LogP) is 3.77. The molecular formula is C29H34FN3O5S. The maximum Gasteiger partial charge on any atom is 0.244 e. The van der Waals surface area contributed by atoms with E-state index in [2.05, 4.69) is 5.32 Å². The second kappa shape index (κ2) is 13.7. The minimum Gasteiger partial charge on any atom is -0.494 e. The monoisotopic (exact) mass is 555 g/mol. The summed E-state index contributed by atoms with van der Waals surface area (Å²) in [7, 11) is -3.90. The largest absolute Gasteiger partial charge is 0.494 e. The molecule has 3 aromatic carbocycles. The summed E-state index contributed by atoms with van der Waals surface area (Å²) in [6.07, 6.45) is 1.16. The van der Waals surface area contributed by atoms with Crippen molar-refractivity contribution in [3.8, 4) is 5.75 Å². The van der Waals surface area contributed by atoms with Crippen LogP contribution in [0.1, 0.15) is 25.0 Å².